The number of nitrogens with zero attached hydrogens (tertiary/aromatic N) is 4. The van der Waals surface area contributed by atoms with Gasteiger partial charge in [0, 0.05) is 31.7 Å². The molecule has 3 heterocycles. The molecule has 146 valence electrons. The summed E-state index contributed by atoms with van der Waals surface area (Å²) in [5.74, 6) is 0.283. The second kappa shape index (κ2) is 7.27. The Morgan fingerprint density at radius 2 is 1.75 bits per heavy atom. The summed E-state index contributed by atoms with van der Waals surface area (Å²) >= 11 is 1.55. The van der Waals surface area contributed by atoms with E-state index in [0.717, 1.165) is 28.2 Å². The molecule has 1 fully saturated rings. The lowest BCUT2D eigenvalue weighted by molar-refractivity contribution is -0.274. The Bertz CT molecular complexity index is 982. The second-order valence-electron chi connectivity index (χ2n) is 6.19. The smallest absolute Gasteiger partial charge is 0.406 e. The fourth-order valence-electron chi connectivity index (χ4n) is 3.13. The first kappa shape index (κ1) is 18.5. The number of rotatable bonds is 3. The molecule has 1 aliphatic rings. The van der Waals surface area contributed by atoms with E-state index in [1.165, 1.54) is 18.5 Å². The van der Waals surface area contributed by atoms with E-state index in [-0.39, 0.29) is 11.7 Å². The third-order valence-corrected chi connectivity index (χ3v) is 5.26. The van der Waals surface area contributed by atoms with E-state index in [1.807, 2.05) is 11.4 Å². The summed E-state index contributed by atoms with van der Waals surface area (Å²) in [6.07, 6.45) is -3.22. The Kier molecular flexibility index (Phi) is 4.80. The van der Waals surface area contributed by atoms with Crippen molar-refractivity contribution < 1.29 is 22.7 Å². The minimum absolute atomic E-state index is 0.221. The third-order valence-electron chi connectivity index (χ3n) is 4.44. The number of alkyl halides is 3. The van der Waals surface area contributed by atoms with Crippen LogP contribution in [0, 0.1) is 0 Å². The van der Waals surface area contributed by atoms with Crippen molar-refractivity contribution in [3.05, 3.63) is 47.6 Å². The van der Waals surface area contributed by atoms with Gasteiger partial charge in [0.25, 0.3) is 5.91 Å². The number of fused-ring (bicyclic) bond motifs is 1. The van der Waals surface area contributed by atoms with Gasteiger partial charge >= 0.3 is 6.36 Å². The van der Waals surface area contributed by atoms with Gasteiger partial charge in [0.05, 0.1) is 5.39 Å². The number of hydrogen-bond acceptors (Lipinski definition) is 6. The fourth-order valence-corrected chi connectivity index (χ4v) is 3.86. The van der Waals surface area contributed by atoms with Crippen LogP contribution in [0.3, 0.4) is 0 Å². The van der Waals surface area contributed by atoms with Crippen LogP contribution in [-0.4, -0.2) is 53.3 Å². The van der Waals surface area contributed by atoms with Crippen LogP contribution in [0.25, 0.3) is 10.2 Å². The first-order valence-corrected chi connectivity index (χ1v) is 9.37. The molecule has 10 heteroatoms. The lowest BCUT2D eigenvalue weighted by atomic mass is 10.1. The molecule has 0 radical (unpaired) electrons. The number of ether oxygens (including phenoxy) is 1. The zero-order chi connectivity index (χ0) is 19.7. The van der Waals surface area contributed by atoms with E-state index in [2.05, 4.69) is 19.6 Å². The van der Waals surface area contributed by atoms with Crippen molar-refractivity contribution in [3.63, 3.8) is 0 Å². The molecule has 3 aromatic rings. The lowest BCUT2D eigenvalue weighted by Crippen LogP contribution is -2.49. The molecule has 2 aromatic heterocycles. The predicted octanol–water partition coefficient (Wildman–Crippen LogP) is 3.55. The molecule has 0 N–H and O–H groups in total. The molecule has 0 unspecified atom stereocenters. The molecule has 0 atom stereocenters. The van der Waals surface area contributed by atoms with Crippen LogP contribution < -0.4 is 9.64 Å². The number of benzene rings is 1. The summed E-state index contributed by atoms with van der Waals surface area (Å²) in [6.45, 7) is 2.22. The van der Waals surface area contributed by atoms with Crippen LogP contribution in [0.4, 0.5) is 19.0 Å². The van der Waals surface area contributed by atoms with Crippen molar-refractivity contribution in [2.24, 2.45) is 0 Å². The summed E-state index contributed by atoms with van der Waals surface area (Å²) in [5.41, 5.74) is 0.324. The Morgan fingerprint density at radius 3 is 2.43 bits per heavy atom. The predicted molar refractivity (Wildman–Crippen MR) is 98.7 cm³/mol. The zero-order valence-corrected chi connectivity index (χ0v) is 15.3. The normalized spacial score (nSPS) is 15.1. The number of carbonyl (C=O) groups is 1. The van der Waals surface area contributed by atoms with Crippen molar-refractivity contribution in [1.29, 1.82) is 0 Å². The zero-order valence-electron chi connectivity index (χ0n) is 14.5. The quantitative estimate of drug-likeness (QED) is 0.663. The highest BCUT2D eigenvalue weighted by Gasteiger charge is 2.31. The van der Waals surface area contributed by atoms with Gasteiger partial charge < -0.3 is 14.5 Å². The molecule has 28 heavy (non-hydrogen) atoms. The number of piperazine rings is 1. The first-order chi connectivity index (χ1) is 13.4. The van der Waals surface area contributed by atoms with Crippen LogP contribution in [0.5, 0.6) is 5.75 Å². The monoisotopic (exact) mass is 408 g/mol. The van der Waals surface area contributed by atoms with E-state index in [0.29, 0.717) is 31.7 Å². The lowest BCUT2D eigenvalue weighted by Gasteiger charge is -2.35. The largest absolute Gasteiger partial charge is 0.573 e. The standard InChI is InChI=1S/C18H15F3N4O2S/c19-18(20,21)27-13-3-1-12(2-4-13)17(26)25-8-6-24(7-9-25)15-14-5-10-28-16(14)23-11-22-15/h1-5,10-11H,6-9H2. The maximum absolute atomic E-state index is 12.6. The van der Waals surface area contributed by atoms with Crippen molar-refractivity contribution >= 4 is 33.3 Å². The first-order valence-electron chi connectivity index (χ1n) is 8.49. The van der Waals surface area contributed by atoms with Gasteiger partial charge in [0.15, 0.2) is 0 Å². The van der Waals surface area contributed by atoms with Gasteiger partial charge in [-0.2, -0.15) is 0 Å². The number of amides is 1. The maximum atomic E-state index is 12.6. The van der Waals surface area contributed by atoms with Crippen LogP contribution in [0.1, 0.15) is 10.4 Å². The van der Waals surface area contributed by atoms with Gasteiger partial charge in [0.2, 0.25) is 0 Å². The Hall–Kier alpha value is -2.88. The van der Waals surface area contributed by atoms with Crippen molar-refractivity contribution in [2.75, 3.05) is 31.1 Å². The summed E-state index contributed by atoms with van der Waals surface area (Å²) < 4.78 is 40.5. The van der Waals surface area contributed by atoms with Gasteiger partial charge in [0.1, 0.15) is 22.7 Å². The SMILES string of the molecule is O=C(c1ccc(OC(F)(F)F)cc1)N1CCN(c2ncnc3sccc23)CC1. The Balaban J connectivity index is 1.41. The number of carbonyl (C=O) groups excluding carboxylic acids is 1. The highest BCUT2D eigenvalue weighted by Crippen LogP contribution is 2.28. The maximum Gasteiger partial charge on any atom is 0.573 e. The number of anilines is 1. The average Bonchev–Trinajstić information content (AvgIpc) is 3.16. The molecular formula is C18H15F3N4O2S. The van der Waals surface area contributed by atoms with E-state index in [4.69, 9.17) is 0 Å². The van der Waals surface area contributed by atoms with Gasteiger partial charge in [-0.1, -0.05) is 0 Å². The fraction of sp³-hybridized carbons (Fsp3) is 0.278. The van der Waals surface area contributed by atoms with Crippen LogP contribution in [-0.2, 0) is 0 Å². The Morgan fingerprint density at radius 1 is 1.04 bits per heavy atom. The number of hydrogen-bond donors (Lipinski definition) is 0. The molecule has 1 amide bonds. The highest BCUT2D eigenvalue weighted by atomic mass is 32.1. The molecule has 0 bridgehead atoms. The van der Waals surface area contributed by atoms with E-state index < -0.39 is 6.36 Å². The number of aromatic nitrogens is 2. The van der Waals surface area contributed by atoms with Crippen LogP contribution in [0.2, 0.25) is 0 Å². The minimum Gasteiger partial charge on any atom is -0.406 e. The second-order valence-corrected chi connectivity index (χ2v) is 7.08. The third kappa shape index (κ3) is 3.86. The van der Waals surface area contributed by atoms with Crippen LogP contribution in [0.15, 0.2) is 42.0 Å². The summed E-state index contributed by atoms with van der Waals surface area (Å²) in [6, 6.07) is 6.96. The molecule has 4 rings (SSSR count). The minimum atomic E-state index is -4.75. The van der Waals surface area contributed by atoms with Gasteiger partial charge in [-0.15, -0.1) is 24.5 Å². The highest BCUT2D eigenvalue weighted by molar-refractivity contribution is 7.16. The molecule has 1 aromatic carbocycles. The van der Waals surface area contributed by atoms with Gasteiger partial charge in [-0.3, -0.25) is 4.79 Å². The Labute approximate surface area is 162 Å². The average molecular weight is 408 g/mol. The molecule has 1 saturated heterocycles. The van der Waals surface area contributed by atoms with Crippen LogP contribution >= 0.6 is 11.3 Å². The molecule has 0 aliphatic carbocycles. The van der Waals surface area contributed by atoms with E-state index >= 15 is 0 Å². The van der Waals surface area contributed by atoms with Crippen molar-refractivity contribution in [1.82, 2.24) is 14.9 Å². The molecule has 0 spiro atoms. The molecular weight excluding hydrogens is 393 g/mol. The van der Waals surface area contributed by atoms with Crippen molar-refractivity contribution in [3.8, 4) is 5.75 Å². The van der Waals surface area contributed by atoms with E-state index in [1.54, 1.807) is 16.2 Å². The summed E-state index contributed by atoms with van der Waals surface area (Å²) in [4.78, 5) is 26.0. The summed E-state index contributed by atoms with van der Waals surface area (Å²) in [7, 11) is 0. The topological polar surface area (TPSA) is 58.6 Å². The molecule has 1 aliphatic heterocycles. The summed E-state index contributed by atoms with van der Waals surface area (Å²) in [5, 5.41) is 2.96. The molecule has 6 nitrogen and oxygen atoms in total. The van der Waals surface area contributed by atoms with Crippen molar-refractivity contribution in [2.45, 2.75) is 6.36 Å². The van der Waals surface area contributed by atoms with Gasteiger partial charge in [-0.05, 0) is 35.7 Å². The number of thiophene rings is 1. The number of halogens is 3. The van der Waals surface area contributed by atoms with E-state index in [9.17, 15) is 18.0 Å². The van der Waals surface area contributed by atoms with Gasteiger partial charge in [-0.25, -0.2) is 9.97 Å². The molecule has 0 saturated carbocycles.